The Kier molecular flexibility index (Phi) is 7.47. The Morgan fingerprint density at radius 2 is 1.73 bits per heavy atom. The Morgan fingerprint density at radius 3 is 2.35 bits per heavy atom. The number of hydrogen-bond acceptors (Lipinski definition) is 10. The van der Waals surface area contributed by atoms with E-state index in [4.69, 9.17) is 4.98 Å². The number of nitrogens with zero attached hydrogens (tertiary/aromatic N) is 4. The van der Waals surface area contributed by atoms with Crippen LogP contribution in [-0.2, 0) is 0 Å². The molecule has 5 N–H and O–H groups in total. The van der Waals surface area contributed by atoms with E-state index in [0.717, 1.165) is 15.9 Å². The van der Waals surface area contributed by atoms with Gasteiger partial charge in [0.05, 0.1) is 45.4 Å². The van der Waals surface area contributed by atoms with Crippen LogP contribution in [0.25, 0.3) is 20.8 Å². The molecule has 0 saturated heterocycles. The minimum Gasteiger partial charge on any atom is -0.390 e. The quantitative estimate of drug-likeness (QED) is 0.217. The number of pyridine rings is 1. The zero-order valence-electron chi connectivity index (χ0n) is 22.8. The van der Waals surface area contributed by atoms with Gasteiger partial charge >= 0.3 is 0 Å². The van der Waals surface area contributed by atoms with Crippen LogP contribution in [0.4, 0.5) is 20.5 Å². The number of benzene rings is 1. The number of aromatic nitrogens is 4. The maximum atomic E-state index is 14.4. The smallest absolute Gasteiger partial charge is 0.225 e. The van der Waals surface area contributed by atoms with Gasteiger partial charge in [-0.05, 0) is 59.2 Å². The van der Waals surface area contributed by atoms with E-state index in [1.807, 2.05) is 13.0 Å². The van der Waals surface area contributed by atoms with Crippen molar-refractivity contribution in [3.8, 4) is 10.6 Å². The number of thiazole rings is 1. The molecule has 1 aliphatic rings. The predicted octanol–water partition coefficient (Wildman–Crippen LogP) is 4.51. The van der Waals surface area contributed by atoms with Crippen molar-refractivity contribution in [1.82, 2.24) is 19.9 Å². The minimum atomic E-state index is -1.22. The van der Waals surface area contributed by atoms with Crippen LogP contribution in [0.5, 0.6) is 0 Å². The average Bonchev–Trinajstić information content (AvgIpc) is 3.41. The normalized spacial score (nSPS) is 22.1. The predicted molar refractivity (Wildman–Crippen MR) is 150 cm³/mol. The zero-order valence-corrected chi connectivity index (χ0v) is 23.6. The summed E-state index contributed by atoms with van der Waals surface area (Å²) in [5.41, 5.74) is 1.29. The van der Waals surface area contributed by atoms with Gasteiger partial charge in [0.2, 0.25) is 5.95 Å². The number of hydrogen-bond donors (Lipinski definition) is 5. The highest BCUT2D eigenvalue weighted by Crippen LogP contribution is 2.40. The highest BCUT2D eigenvalue weighted by Gasteiger charge is 2.48. The number of aliphatic hydroxyl groups is 3. The first-order valence-corrected chi connectivity index (χ1v) is 13.8. The maximum absolute atomic E-state index is 14.4. The molecule has 1 saturated carbocycles. The Morgan fingerprint density at radius 1 is 1.02 bits per heavy atom. The fraction of sp³-hybridized carbons (Fsp3) is 0.429. The summed E-state index contributed by atoms with van der Waals surface area (Å²) < 4.78 is 29.8. The van der Waals surface area contributed by atoms with E-state index in [0.29, 0.717) is 22.1 Å². The lowest BCUT2D eigenvalue weighted by Crippen LogP contribution is -2.40. The number of aryl methyl sites for hydroxylation is 2. The molecule has 4 aromatic rings. The molecule has 1 fully saturated rings. The van der Waals surface area contributed by atoms with Gasteiger partial charge < -0.3 is 26.0 Å². The fourth-order valence-corrected chi connectivity index (χ4v) is 6.44. The van der Waals surface area contributed by atoms with Gasteiger partial charge in [-0.2, -0.15) is 4.98 Å². The standard InChI is InChI=1S/C28H32F2N6O3S/c1-12(20-16(29)7-6-8-17(20)30)32-27-33-13(2)21(26-35-22-14(3)31-10-9-19(22)40-26)25(36-27)34-18-11-15(28(4,5)39)23(37)24(18)38/h6-10,12,15,18,23-24,37-39H,11H2,1-5H3,(H2,32,33,34,36)/t12?,15-,18+,23+,24-/m0/s1. The maximum Gasteiger partial charge on any atom is 0.225 e. The van der Waals surface area contributed by atoms with E-state index in [2.05, 4.69) is 25.6 Å². The van der Waals surface area contributed by atoms with E-state index < -0.39 is 47.4 Å². The SMILES string of the molecule is Cc1nc(NC(C)c2c(F)cccc2F)nc(N[C@@H]2C[C@H](C(C)(C)O)[C@@H](O)[C@H]2O)c1-c1nc2c(C)nccc2s1. The van der Waals surface area contributed by atoms with Crippen molar-refractivity contribution in [2.75, 3.05) is 10.6 Å². The third kappa shape index (κ3) is 5.24. The molecule has 0 amide bonds. The molecule has 40 heavy (non-hydrogen) atoms. The summed E-state index contributed by atoms with van der Waals surface area (Å²) >= 11 is 1.43. The van der Waals surface area contributed by atoms with Crippen LogP contribution >= 0.6 is 11.3 Å². The largest absolute Gasteiger partial charge is 0.390 e. The highest BCUT2D eigenvalue weighted by molar-refractivity contribution is 7.21. The van der Waals surface area contributed by atoms with Crippen LogP contribution in [0.15, 0.2) is 30.5 Å². The molecule has 3 heterocycles. The number of anilines is 2. The minimum absolute atomic E-state index is 0.116. The summed E-state index contributed by atoms with van der Waals surface area (Å²) in [4.78, 5) is 18.4. The van der Waals surface area contributed by atoms with Crippen LogP contribution in [0.3, 0.4) is 0 Å². The summed E-state index contributed by atoms with van der Waals surface area (Å²) in [5, 5.41) is 39.0. The van der Waals surface area contributed by atoms with Gasteiger partial charge in [0.15, 0.2) is 0 Å². The number of rotatable bonds is 7. The van der Waals surface area contributed by atoms with E-state index in [1.165, 1.54) is 29.5 Å². The lowest BCUT2D eigenvalue weighted by Gasteiger charge is -2.28. The Bertz CT molecular complexity index is 1540. The first-order chi connectivity index (χ1) is 18.8. The van der Waals surface area contributed by atoms with Crippen LogP contribution in [0, 0.1) is 31.4 Å². The summed E-state index contributed by atoms with van der Waals surface area (Å²) in [6, 6.07) is 4.11. The Balaban J connectivity index is 1.57. The van der Waals surface area contributed by atoms with Gasteiger partial charge in [0, 0.05) is 17.7 Å². The molecule has 1 aromatic carbocycles. The van der Waals surface area contributed by atoms with Crippen molar-refractivity contribution >= 4 is 33.3 Å². The summed E-state index contributed by atoms with van der Waals surface area (Å²) in [7, 11) is 0. The molecule has 9 nitrogen and oxygen atoms in total. The van der Waals surface area contributed by atoms with E-state index in [-0.39, 0.29) is 17.9 Å². The molecule has 5 atom stereocenters. The molecule has 212 valence electrons. The second-order valence-electron chi connectivity index (χ2n) is 10.8. The molecule has 0 radical (unpaired) electrons. The highest BCUT2D eigenvalue weighted by atomic mass is 32.1. The van der Waals surface area contributed by atoms with Crippen molar-refractivity contribution < 1.29 is 24.1 Å². The van der Waals surface area contributed by atoms with Crippen molar-refractivity contribution in [1.29, 1.82) is 0 Å². The second-order valence-corrected chi connectivity index (χ2v) is 11.9. The van der Waals surface area contributed by atoms with Crippen molar-refractivity contribution in [3.63, 3.8) is 0 Å². The fourth-order valence-electron chi connectivity index (χ4n) is 5.33. The molecule has 3 aromatic heterocycles. The van der Waals surface area contributed by atoms with Gasteiger partial charge in [-0.3, -0.25) is 4.98 Å². The molecule has 5 rings (SSSR count). The third-order valence-electron chi connectivity index (χ3n) is 7.48. The molecule has 0 spiro atoms. The van der Waals surface area contributed by atoms with Crippen LogP contribution in [0.1, 0.15) is 50.2 Å². The first kappa shape index (κ1) is 28.2. The van der Waals surface area contributed by atoms with Gasteiger partial charge in [0.25, 0.3) is 0 Å². The number of halogens is 2. The van der Waals surface area contributed by atoms with E-state index in [1.54, 1.807) is 33.9 Å². The molecule has 0 aliphatic heterocycles. The monoisotopic (exact) mass is 570 g/mol. The molecule has 1 aliphatic carbocycles. The molecular weight excluding hydrogens is 538 g/mol. The molecule has 1 unspecified atom stereocenters. The molecule has 0 bridgehead atoms. The van der Waals surface area contributed by atoms with Gasteiger partial charge in [0.1, 0.15) is 34.1 Å². The van der Waals surface area contributed by atoms with Crippen LogP contribution in [-0.4, -0.2) is 59.1 Å². The second kappa shape index (κ2) is 10.6. The van der Waals surface area contributed by atoms with E-state index >= 15 is 0 Å². The zero-order chi connectivity index (χ0) is 28.9. The topological polar surface area (TPSA) is 136 Å². The van der Waals surface area contributed by atoms with Crippen molar-refractivity contribution in [2.24, 2.45) is 5.92 Å². The van der Waals surface area contributed by atoms with Gasteiger partial charge in [-0.25, -0.2) is 18.7 Å². The van der Waals surface area contributed by atoms with Crippen LogP contribution < -0.4 is 10.6 Å². The lowest BCUT2D eigenvalue weighted by molar-refractivity contribution is -0.0601. The average molecular weight is 571 g/mol. The van der Waals surface area contributed by atoms with Crippen molar-refractivity contribution in [3.05, 3.63) is 59.0 Å². The lowest BCUT2D eigenvalue weighted by atomic mass is 9.88. The van der Waals surface area contributed by atoms with Crippen LogP contribution in [0.2, 0.25) is 0 Å². The first-order valence-electron chi connectivity index (χ1n) is 13.0. The number of fused-ring (bicyclic) bond motifs is 1. The third-order valence-corrected chi connectivity index (χ3v) is 8.52. The summed E-state index contributed by atoms with van der Waals surface area (Å²) in [6.07, 6.45) is -0.340. The van der Waals surface area contributed by atoms with Gasteiger partial charge in [-0.1, -0.05) is 6.07 Å². The Labute approximate surface area is 234 Å². The van der Waals surface area contributed by atoms with Crippen molar-refractivity contribution in [2.45, 2.75) is 70.9 Å². The summed E-state index contributed by atoms with van der Waals surface area (Å²) in [5.74, 6) is -1.51. The molecule has 12 heteroatoms. The van der Waals surface area contributed by atoms with E-state index in [9.17, 15) is 24.1 Å². The van der Waals surface area contributed by atoms with Gasteiger partial charge in [-0.15, -0.1) is 11.3 Å². The summed E-state index contributed by atoms with van der Waals surface area (Å²) in [6.45, 7) is 8.45. The number of aliphatic hydroxyl groups excluding tert-OH is 2. The molecular formula is C28H32F2N6O3S. The number of nitrogens with one attached hydrogen (secondary N) is 2. The Hall–Kier alpha value is -3.32.